The Morgan fingerprint density at radius 3 is 2.74 bits per heavy atom. The van der Waals surface area contributed by atoms with Gasteiger partial charge in [0, 0.05) is 20.1 Å². The van der Waals surface area contributed by atoms with E-state index in [0.29, 0.717) is 5.56 Å². The highest BCUT2D eigenvalue weighted by Crippen LogP contribution is 2.12. The van der Waals surface area contributed by atoms with Gasteiger partial charge in [-0.1, -0.05) is 12.1 Å². The van der Waals surface area contributed by atoms with Gasteiger partial charge in [0.1, 0.15) is 11.9 Å². The Morgan fingerprint density at radius 1 is 1.47 bits per heavy atom. The number of amides is 1. The van der Waals surface area contributed by atoms with E-state index in [1.807, 2.05) is 0 Å². The Labute approximate surface area is 110 Å². The lowest BCUT2D eigenvalue weighted by molar-refractivity contribution is -0.139. The quantitative estimate of drug-likeness (QED) is 0.817. The van der Waals surface area contributed by atoms with Crippen LogP contribution in [-0.4, -0.2) is 36.7 Å². The maximum Gasteiger partial charge on any atom is 0.326 e. The van der Waals surface area contributed by atoms with Crippen molar-refractivity contribution in [2.45, 2.75) is 19.4 Å². The molecule has 1 rings (SSSR count). The molecule has 2 N–H and O–H groups in total. The third-order valence-corrected chi connectivity index (χ3v) is 2.65. The molecular formula is C13H16FNO4. The fraction of sp³-hybridized carbons (Fsp3) is 0.385. The second kappa shape index (κ2) is 6.84. The van der Waals surface area contributed by atoms with Gasteiger partial charge in [0.05, 0.1) is 5.56 Å². The summed E-state index contributed by atoms with van der Waals surface area (Å²) in [5.41, 5.74) is 0.167. The van der Waals surface area contributed by atoms with Gasteiger partial charge in [0.25, 0.3) is 5.91 Å². The van der Waals surface area contributed by atoms with Crippen molar-refractivity contribution in [1.29, 1.82) is 0 Å². The van der Waals surface area contributed by atoms with Crippen molar-refractivity contribution in [3.05, 3.63) is 35.1 Å². The van der Waals surface area contributed by atoms with Crippen LogP contribution in [0.2, 0.25) is 0 Å². The summed E-state index contributed by atoms with van der Waals surface area (Å²) >= 11 is 0. The summed E-state index contributed by atoms with van der Waals surface area (Å²) in [6.07, 6.45) is 0.116. The molecule has 0 saturated carbocycles. The van der Waals surface area contributed by atoms with Crippen LogP contribution in [0.5, 0.6) is 0 Å². The van der Waals surface area contributed by atoms with Crippen LogP contribution in [0.1, 0.15) is 22.3 Å². The zero-order chi connectivity index (χ0) is 14.4. The summed E-state index contributed by atoms with van der Waals surface area (Å²) in [5.74, 6) is -2.57. The molecule has 0 fully saturated rings. The number of aliphatic carboxylic acids is 1. The van der Waals surface area contributed by atoms with E-state index >= 15 is 0 Å². The van der Waals surface area contributed by atoms with Gasteiger partial charge in [-0.2, -0.15) is 0 Å². The maximum absolute atomic E-state index is 13.7. The third-order valence-electron chi connectivity index (χ3n) is 2.65. The van der Waals surface area contributed by atoms with Gasteiger partial charge in [0.15, 0.2) is 0 Å². The molecule has 1 atom stereocenters. The van der Waals surface area contributed by atoms with E-state index < -0.39 is 23.7 Å². The van der Waals surface area contributed by atoms with Crippen molar-refractivity contribution in [2.24, 2.45) is 0 Å². The minimum absolute atomic E-state index is 0.116. The van der Waals surface area contributed by atoms with Gasteiger partial charge < -0.3 is 15.2 Å². The summed E-state index contributed by atoms with van der Waals surface area (Å²) in [5, 5.41) is 11.2. The first-order valence-corrected chi connectivity index (χ1v) is 5.75. The molecule has 0 saturated heterocycles. The van der Waals surface area contributed by atoms with Crippen molar-refractivity contribution in [3.8, 4) is 0 Å². The summed E-state index contributed by atoms with van der Waals surface area (Å²) in [6, 6.07) is 3.28. The molecule has 0 radical (unpaired) electrons. The molecule has 0 aliphatic heterocycles. The van der Waals surface area contributed by atoms with Crippen molar-refractivity contribution < 1.29 is 23.8 Å². The molecule has 6 heteroatoms. The summed E-state index contributed by atoms with van der Waals surface area (Å²) in [4.78, 5) is 22.8. The molecule has 0 bridgehead atoms. The SMILES string of the molecule is COCCC(NC(=O)c1cccc(C)c1F)C(=O)O. The number of nitrogens with one attached hydrogen (secondary N) is 1. The van der Waals surface area contributed by atoms with Crippen LogP contribution in [0, 0.1) is 12.7 Å². The molecule has 5 nitrogen and oxygen atoms in total. The number of halogens is 1. The number of hydrogen-bond donors (Lipinski definition) is 2. The van der Waals surface area contributed by atoms with Crippen molar-refractivity contribution in [2.75, 3.05) is 13.7 Å². The second-order valence-corrected chi connectivity index (χ2v) is 4.08. The average molecular weight is 269 g/mol. The minimum atomic E-state index is -1.18. The number of carbonyl (C=O) groups excluding carboxylic acids is 1. The number of benzene rings is 1. The van der Waals surface area contributed by atoms with Crippen LogP contribution in [0.3, 0.4) is 0 Å². The first kappa shape index (κ1) is 15.1. The molecule has 0 aliphatic rings. The van der Waals surface area contributed by atoms with Crippen LogP contribution in [-0.2, 0) is 9.53 Å². The predicted octanol–water partition coefficient (Wildman–Crippen LogP) is 1.35. The Hall–Kier alpha value is -1.95. The fourth-order valence-corrected chi connectivity index (χ4v) is 1.55. The zero-order valence-corrected chi connectivity index (χ0v) is 10.8. The van der Waals surface area contributed by atoms with Gasteiger partial charge >= 0.3 is 5.97 Å². The molecule has 1 amide bonds. The third kappa shape index (κ3) is 4.03. The molecule has 1 aromatic carbocycles. The van der Waals surface area contributed by atoms with Crippen LogP contribution in [0.15, 0.2) is 18.2 Å². The largest absolute Gasteiger partial charge is 0.480 e. The Bertz CT molecular complexity index is 476. The molecule has 1 unspecified atom stereocenters. The van der Waals surface area contributed by atoms with Gasteiger partial charge in [-0.05, 0) is 18.6 Å². The van der Waals surface area contributed by atoms with E-state index in [2.05, 4.69) is 5.32 Å². The van der Waals surface area contributed by atoms with E-state index in [0.717, 1.165) is 0 Å². The van der Waals surface area contributed by atoms with Gasteiger partial charge in [0.2, 0.25) is 0 Å². The molecule has 0 aromatic heterocycles. The van der Waals surface area contributed by atoms with Gasteiger partial charge in [-0.25, -0.2) is 9.18 Å². The number of carboxylic acid groups (broad SMARTS) is 1. The van der Waals surface area contributed by atoms with Crippen LogP contribution in [0.4, 0.5) is 4.39 Å². The summed E-state index contributed by atoms with van der Waals surface area (Å²) in [7, 11) is 1.43. The smallest absolute Gasteiger partial charge is 0.326 e. The molecule has 0 spiro atoms. The lowest BCUT2D eigenvalue weighted by atomic mass is 10.1. The Morgan fingerprint density at radius 2 is 2.16 bits per heavy atom. The molecule has 0 heterocycles. The number of ether oxygens (including phenoxy) is 1. The summed E-state index contributed by atoms with van der Waals surface area (Å²) in [6.45, 7) is 1.72. The lowest BCUT2D eigenvalue weighted by Crippen LogP contribution is -2.41. The first-order chi connectivity index (χ1) is 8.97. The topological polar surface area (TPSA) is 75.6 Å². The monoisotopic (exact) mass is 269 g/mol. The number of hydrogen-bond acceptors (Lipinski definition) is 3. The predicted molar refractivity (Wildman–Crippen MR) is 66.5 cm³/mol. The van der Waals surface area contributed by atoms with E-state index in [1.54, 1.807) is 0 Å². The minimum Gasteiger partial charge on any atom is -0.480 e. The van der Waals surface area contributed by atoms with E-state index in [9.17, 15) is 14.0 Å². The van der Waals surface area contributed by atoms with E-state index in [4.69, 9.17) is 9.84 Å². The molecule has 19 heavy (non-hydrogen) atoms. The molecular weight excluding hydrogens is 253 g/mol. The van der Waals surface area contributed by atoms with Crippen molar-refractivity contribution in [1.82, 2.24) is 5.32 Å². The van der Waals surface area contributed by atoms with Crippen LogP contribution >= 0.6 is 0 Å². The number of carbonyl (C=O) groups is 2. The molecule has 104 valence electrons. The average Bonchev–Trinajstić information content (AvgIpc) is 2.37. The van der Waals surface area contributed by atoms with Crippen LogP contribution < -0.4 is 5.32 Å². The van der Waals surface area contributed by atoms with E-state index in [1.165, 1.54) is 32.2 Å². The number of aryl methyl sites for hydroxylation is 1. The lowest BCUT2D eigenvalue weighted by Gasteiger charge is -2.14. The number of carboxylic acids is 1. The molecule has 1 aromatic rings. The zero-order valence-electron chi connectivity index (χ0n) is 10.8. The summed E-state index contributed by atoms with van der Waals surface area (Å²) < 4.78 is 18.5. The number of methoxy groups -OCH3 is 1. The first-order valence-electron chi connectivity index (χ1n) is 5.75. The van der Waals surface area contributed by atoms with Crippen molar-refractivity contribution in [3.63, 3.8) is 0 Å². The molecule has 0 aliphatic carbocycles. The maximum atomic E-state index is 13.7. The van der Waals surface area contributed by atoms with Crippen LogP contribution in [0.25, 0.3) is 0 Å². The van der Waals surface area contributed by atoms with Gasteiger partial charge in [-0.15, -0.1) is 0 Å². The van der Waals surface area contributed by atoms with Gasteiger partial charge in [-0.3, -0.25) is 4.79 Å². The Balaban J connectivity index is 2.82. The highest BCUT2D eigenvalue weighted by Gasteiger charge is 2.22. The highest BCUT2D eigenvalue weighted by molar-refractivity contribution is 5.97. The highest BCUT2D eigenvalue weighted by atomic mass is 19.1. The number of rotatable bonds is 6. The van der Waals surface area contributed by atoms with Crippen molar-refractivity contribution >= 4 is 11.9 Å². The second-order valence-electron chi connectivity index (χ2n) is 4.08. The normalized spacial score (nSPS) is 11.9. The fourth-order valence-electron chi connectivity index (χ4n) is 1.55. The van der Waals surface area contributed by atoms with E-state index in [-0.39, 0.29) is 18.6 Å². The standard InChI is InChI=1S/C13H16FNO4/c1-8-4-3-5-9(11(8)14)12(16)15-10(13(17)18)6-7-19-2/h3-5,10H,6-7H2,1-2H3,(H,15,16)(H,17,18). The Kier molecular flexibility index (Phi) is 5.44.